The van der Waals surface area contributed by atoms with Crippen molar-refractivity contribution in [3.63, 3.8) is 0 Å². The van der Waals surface area contributed by atoms with Gasteiger partial charge in [-0.05, 0) is 26.0 Å². The van der Waals surface area contributed by atoms with Crippen LogP contribution in [0.1, 0.15) is 21.8 Å². The molecular formula is C16H16N2O4. The van der Waals surface area contributed by atoms with Gasteiger partial charge < -0.3 is 19.0 Å². The van der Waals surface area contributed by atoms with Crippen LogP contribution in [0.3, 0.4) is 0 Å². The van der Waals surface area contributed by atoms with E-state index in [-0.39, 0.29) is 0 Å². The highest BCUT2D eigenvalue weighted by atomic mass is 16.5. The zero-order chi connectivity index (χ0) is 15.9. The molecule has 2 aromatic heterocycles. The molecule has 0 spiro atoms. The fraction of sp³-hybridized carbons (Fsp3) is 0.250. The monoisotopic (exact) mass is 300 g/mol. The lowest BCUT2D eigenvalue weighted by molar-refractivity contribution is 0.0603. The quantitative estimate of drug-likeness (QED) is 0.751. The molecule has 0 aliphatic carbocycles. The minimum atomic E-state index is -0.390. The van der Waals surface area contributed by atoms with E-state index in [1.54, 1.807) is 13.3 Å². The second kappa shape index (κ2) is 5.22. The number of ether oxygens (including phenoxy) is 2. The molecule has 6 heteroatoms. The van der Waals surface area contributed by atoms with Crippen molar-refractivity contribution in [2.75, 3.05) is 14.2 Å². The van der Waals surface area contributed by atoms with Crippen LogP contribution in [-0.4, -0.2) is 30.3 Å². The Morgan fingerprint density at radius 3 is 2.64 bits per heavy atom. The van der Waals surface area contributed by atoms with Crippen LogP contribution in [-0.2, 0) is 4.74 Å². The van der Waals surface area contributed by atoms with Crippen LogP contribution in [0, 0.1) is 13.8 Å². The number of aromatic amines is 1. The highest BCUT2D eigenvalue weighted by Crippen LogP contribution is 2.38. The van der Waals surface area contributed by atoms with Gasteiger partial charge in [0.2, 0.25) is 0 Å². The molecule has 0 aliphatic rings. The van der Waals surface area contributed by atoms with Gasteiger partial charge in [0.15, 0.2) is 0 Å². The van der Waals surface area contributed by atoms with Crippen LogP contribution in [0.4, 0.5) is 0 Å². The molecular weight excluding hydrogens is 284 g/mol. The molecule has 6 nitrogen and oxygen atoms in total. The number of esters is 1. The van der Waals surface area contributed by atoms with Gasteiger partial charge in [0.1, 0.15) is 11.5 Å². The normalized spacial score (nSPS) is 10.9. The summed E-state index contributed by atoms with van der Waals surface area (Å²) in [4.78, 5) is 14.9. The number of aryl methyl sites for hydroxylation is 2. The number of carbonyl (C=O) groups is 1. The first-order chi connectivity index (χ1) is 10.6. The van der Waals surface area contributed by atoms with Gasteiger partial charge >= 0.3 is 5.97 Å². The van der Waals surface area contributed by atoms with E-state index in [1.165, 1.54) is 7.11 Å². The molecule has 0 atom stereocenters. The van der Waals surface area contributed by atoms with E-state index >= 15 is 0 Å². The number of hydrogen-bond donors (Lipinski definition) is 1. The third-order valence-corrected chi connectivity index (χ3v) is 3.71. The molecule has 0 aliphatic heterocycles. The van der Waals surface area contributed by atoms with Crippen molar-refractivity contribution in [3.8, 4) is 16.9 Å². The van der Waals surface area contributed by atoms with Crippen molar-refractivity contribution >= 4 is 16.9 Å². The molecule has 0 fully saturated rings. The summed E-state index contributed by atoms with van der Waals surface area (Å²) in [5.74, 6) is 0.972. The molecule has 22 heavy (non-hydrogen) atoms. The number of hydrogen-bond acceptors (Lipinski definition) is 5. The summed E-state index contributed by atoms with van der Waals surface area (Å²) in [5.41, 5.74) is 3.84. The van der Waals surface area contributed by atoms with Crippen molar-refractivity contribution in [3.05, 3.63) is 35.3 Å². The average molecular weight is 300 g/mol. The molecule has 3 aromatic rings. The van der Waals surface area contributed by atoms with E-state index in [9.17, 15) is 4.79 Å². The summed E-state index contributed by atoms with van der Waals surface area (Å²) < 4.78 is 15.5. The predicted octanol–water partition coefficient (Wildman–Crippen LogP) is 3.23. The molecule has 1 aromatic carbocycles. The van der Waals surface area contributed by atoms with Gasteiger partial charge in [-0.15, -0.1) is 0 Å². The van der Waals surface area contributed by atoms with Crippen LogP contribution in [0.25, 0.3) is 22.0 Å². The molecule has 114 valence electrons. The van der Waals surface area contributed by atoms with E-state index in [4.69, 9.17) is 14.0 Å². The summed E-state index contributed by atoms with van der Waals surface area (Å²) >= 11 is 0. The first-order valence-electron chi connectivity index (χ1n) is 6.77. The summed E-state index contributed by atoms with van der Waals surface area (Å²) in [6.45, 7) is 3.73. The number of methoxy groups -OCH3 is 2. The number of carbonyl (C=O) groups excluding carboxylic acids is 1. The SMILES string of the molecule is COC(=O)c1c[nH]c2cc(-c3c(C)noc3C)c(OC)cc12. The Morgan fingerprint density at radius 1 is 1.27 bits per heavy atom. The average Bonchev–Trinajstić information content (AvgIpc) is 3.08. The number of nitrogens with one attached hydrogen (secondary N) is 1. The number of aromatic nitrogens is 2. The third kappa shape index (κ3) is 2.04. The summed E-state index contributed by atoms with van der Waals surface area (Å²) in [7, 11) is 2.95. The van der Waals surface area contributed by atoms with Crippen molar-refractivity contribution in [1.29, 1.82) is 0 Å². The maximum absolute atomic E-state index is 11.8. The molecule has 0 saturated carbocycles. The van der Waals surface area contributed by atoms with Gasteiger partial charge in [-0.2, -0.15) is 0 Å². The molecule has 3 rings (SSSR count). The summed E-state index contributed by atoms with van der Waals surface area (Å²) in [6.07, 6.45) is 1.63. The van der Waals surface area contributed by atoms with Gasteiger partial charge in [0.05, 0.1) is 31.0 Å². The van der Waals surface area contributed by atoms with Gasteiger partial charge in [-0.1, -0.05) is 5.16 Å². The van der Waals surface area contributed by atoms with Crippen molar-refractivity contribution in [2.45, 2.75) is 13.8 Å². The number of rotatable bonds is 3. The number of benzene rings is 1. The van der Waals surface area contributed by atoms with Crippen LogP contribution < -0.4 is 4.74 Å². The molecule has 0 unspecified atom stereocenters. The van der Waals surface area contributed by atoms with Crippen LogP contribution >= 0.6 is 0 Å². The summed E-state index contributed by atoms with van der Waals surface area (Å²) in [6, 6.07) is 3.74. The van der Waals surface area contributed by atoms with E-state index in [2.05, 4.69) is 10.1 Å². The first kappa shape index (κ1) is 14.2. The maximum Gasteiger partial charge on any atom is 0.340 e. The Hall–Kier alpha value is -2.76. The van der Waals surface area contributed by atoms with Gasteiger partial charge in [-0.3, -0.25) is 0 Å². The second-order valence-corrected chi connectivity index (χ2v) is 4.99. The van der Waals surface area contributed by atoms with E-state index in [1.807, 2.05) is 26.0 Å². The lowest BCUT2D eigenvalue weighted by Gasteiger charge is -2.09. The van der Waals surface area contributed by atoms with Crippen LogP contribution in [0.5, 0.6) is 5.75 Å². The van der Waals surface area contributed by atoms with Crippen molar-refractivity contribution in [2.24, 2.45) is 0 Å². The molecule has 1 N–H and O–H groups in total. The highest BCUT2D eigenvalue weighted by Gasteiger charge is 2.20. The topological polar surface area (TPSA) is 77.4 Å². The van der Waals surface area contributed by atoms with Crippen molar-refractivity contribution in [1.82, 2.24) is 10.1 Å². The second-order valence-electron chi connectivity index (χ2n) is 4.99. The molecule has 0 bridgehead atoms. The first-order valence-corrected chi connectivity index (χ1v) is 6.77. The predicted molar refractivity (Wildman–Crippen MR) is 81.2 cm³/mol. The minimum Gasteiger partial charge on any atom is -0.496 e. The Labute approximate surface area is 127 Å². The van der Waals surface area contributed by atoms with E-state index in [0.717, 1.165) is 33.5 Å². The Kier molecular flexibility index (Phi) is 3.36. The minimum absolute atomic E-state index is 0.390. The molecule has 2 heterocycles. The molecule has 0 saturated heterocycles. The lowest BCUT2D eigenvalue weighted by Crippen LogP contribution is -1.99. The Bertz CT molecular complexity index is 841. The Balaban J connectivity index is 2.27. The van der Waals surface area contributed by atoms with Crippen LogP contribution in [0.15, 0.2) is 22.9 Å². The third-order valence-electron chi connectivity index (χ3n) is 3.71. The molecule has 0 amide bonds. The standard InChI is InChI=1S/C16H16N2O4/c1-8-15(9(2)22-18-8)11-5-13-10(6-14(11)20-3)12(7-17-13)16(19)21-4/h5-7,17H,1-4H3. The van der Waals surface area contributed by atoms with Gasteiger partial charge in [0, 0.05) is 22.7 Å². The van der Waals surface area contributed by atoms with Crippen molar-refractivity contribution < 1.29 is 18.8 Å². The highest BCUT2D eigenvalue weighted by molar-refractivity contribution is 6.05. The van der Waals surface area contributed by atoms with E-state index < -0.39 is 5.97 Å². The zero-order valence-corrected chi connectivity index (χ0v) is 12.8. The molecule has 0 radical (unpaired) electrons. The van der Waals surface area contributed by atoms with Gasteiger partial charge in [-0.25, -0.2) is 4.79 Å². The number of nitrogens with zero attached hydrogens (tertiary/aromatic N) is 1. The van der Waals surface area contributed by atoms with Gasteiger partial charge in [0.25, 0.3) is 0 Å². The Morgan fingerprint density at radius 2 is 2.05 bits per heavy atom. The zero-order valence-electron chi connectivity index (χ0n) is 12.8. The van der Waals surface area contributed by atoms with Crippen LogP contribution in [0.2, 0.25) is 0 Å². The number of H-pyrrole nitrogens is 1. The lowest BCUT2D eigenvalue weighted by atomic mass is 10.0. The fourth-order valence-electron chi connectivity index (χ4n) is 2.66. The van der Waals surface area contributed by atoms with E-state index in [0.29, 0.717) is 11.3 Å². The summed E-state index contributed by atoms with van der Waals surface area (Å²) in [5, 5.41) is 4.73. The fourth-order valence-corrected chi connectivity index (χ4v) is 2.66. The smallest absolute Gasteiger partial charge is 0.340 e. The maximum atomic E-state index is 11.8. The largest absolute Gasteiger partial charge is 0.496 e. The number of fused-ring (bicyclic) bond motifs is 1.